The lowest BCUT2D eigenvalue weighted by atomic mass is 10.1. The number of hydrogen-bond acceptors (Lipinski definition) is 3. The Kier molecular flexibility index (Phi) is 3.46. The summed E-state index contributed by atoms with van der Waals surface area (Å²) in [5.74, 6) is 1.06. The van der Waals surface area contributed by atoms with Gasteiger partial charge in [0, 0.05) is 11.4 Å². The van der Waals surface area contributed by atoms with E-state index in [4.69, 9.17) is 27.7 Å². The third-order valence-electron chi connectivity index (χ3n) is 2.08. The summed E-state index contributed by atoms with van der Waals surface area (Å²) in [6, 6.07) is 7.56. The van der Waals surface area contributed by atoms with Gasteiger partial charge in [-0.25, -0.2) is 0 Å². The largest absolute Gasteiger partial charge is 0.338 e. The van der Waals surface area contributed by atoms with Gasteiger partial charge in [0.15, 0.2) is 5.82 Å². The molecule has 2 rings (SSSR count). The summed E-state index contributed by atoms with van der Waals surface area (Å²) in [7, 11) is 0. The summed E-state index contributed by atoms with van der Waals surface area (Å²) in [6.07, 6.45) is 0.591. The van der Waals surface area contributed by atoms with Crippen LogP contribution < -0.4 is 0 Å². The molecule has 5 heteroatoms. The van der Waals surface area contributed by atoms with Gasteiger partial charge in [-0.3, -0.25) is 0 Å². The average Bonchev–Trinajstić information content (AvgIpc) is 2.66. The predicted octanol–water partition coefficient (Wildman–Crippen LogP) is 3.61. The van der Waals surface area contributed by atoms with Gasteiger partial charge in [-0.05, 0) is 24.6 Å². The summed E-state index contributed by atoms with van der Waals surface area (Å²) in [4.78, 5) is 4.18. The van der Waals surface area contributed by atoms with Crippen LogP contribution in [0.15, 0.2) is 28.8 Å². The van der Waals surface area contributed by atoms with Crippen molar-refractivity contribution in [1.29, 1.82) is 0 Å². The zero-order chi connectivity index (χ0) is 11.5. The van der Waals surface area contributed by atoms with Gasteiger partial charge in [0.05, 0.1) is 0 Å². The van der Waals surface area contributed by atoms with E-state index in [0.29, 0.717) is 23.2 Å². The Morgan fingerprint density at radius 1 is 1.44 bits per heavy atom. The van der Waals surface area contributed by atoms with Crippen molar-refractivity contribution in [1.82, 2.24) is 10.1 Å². The van der Waals surface area contributed by atoms with E-state index >= 15 is 0 Å². The van der Waals surface area contributed by atoms with Gasteiger partial charge in [-0.2, -0.15) is 4.98 Å². The number of nitrogens with zero attached hydrogens (tertiary/aromatic N) is 2. The molecular formula is C11H10Cl2N2O. The fraction of sp³-hybridized carbons (Fsp3) is 0.273. The number of rotatable bonds is 3. The molecule has 0 aliphatic carbocycles. The third-order valence-corrected chi connectivity index (χ3v) is 2.50. The molecule has 0 saturated carbocycles. The first-order valence-electron chi connectivity index (χ1n) is 4.86. The molecule has 0 saturated heterocycles. The van der Waals surface area contributed by atoms with E-state index in [9.17, 15) is 0 Å². The normalized spacial score (nSPS) is 12.7. The lowest BCUT2D eigenvalue weighted by molar-refractivity contribution is 0.374. The Bertz CT molecular complexity index is 482. The Hall–Kier alpha value is -1.06. The maximum absolute atomic E-state index is 5.88. The lowest BCUT2D eigenvalue weighted by Crippen LogP contribution is -1.91. The van der Waals surface area contributed by atoms with E-state index in [-0.39, 0.29) is 5.38 Å². The quantitative estimate of drug-likeness (QED) is 0.788. The van der Waals surface area contributed by atoms with Crippen molar-refractivity contribution in [2.24, 2.45) is 0 Å². The Morgan fingerprint density at radius 3 is 2.88 bits per heavy atom. The first kappa shape index (κ1) is 11.4. The number of aromatic nitrogens is 2. The van der Waals surface area contributed by atoms with Crippen molar-refractivity contribution < 1.29 is 4.52 Å². The van der Waals surface area contributed by atoms with Gasteiger partial charge >= 0.3 is 0 Å². The molecule has 1 heterocycles. The molecule has 0 N–H and O–H groups in total. The van der Waals surface area contributed by atoms with Crippen LogP contribution in [-0.2, 0) is 6.42 Å². The summed E-state index contributed by atoms with van der Waals surface area (Å²) in [5.41, 5.74) is 1.04. The van der Waals surface area contributed by atoms with Gasteiger partial charge in [-0.1, -0.05) is 28.9 Å². The monoisotopic (exact) mass is 256 g/mol. The minimum absolute atomic E-state index is 0.263. The number of benzene rings is 1. The Labute approximate surface area is 103 Å². The van der Waals surface area contributed by atoms with Crippen molar-refractivity contribution in [2.75, 3.05) is 0 Å². The molecule has 0 aliphatic rings. The maximum Gasteiger partial charge on any atom is 0.244 e. The standard InChI is InChI=1S/C11H10Cl2N2O/c1-7(12)11-14-10(15-16-11)6-8-3-2-4-9(13)5-8/h2-5,7H,6H2,1H3. The number of alkyl halides is 1. The summed E-state index contributed by atoms with van der Waals surface area (Å²) < 4.78 is 5.00. The SMILES string of the molecule is CC(Cl)c1nc(Cc2cccc(Cl)c2)no1. The van der Waals surface area contributed by atoms with E-state index in [2.05, 4.69) is 10.1 Å². The zero-order valence-electron chi connectivity index (χ0n) is 8.65. The summed E-state index contributed by atoms with van der Waals surface area (Å²) >= 11 is 11.7. The first-order valence-corrected chi connectivity index (χ1v) is 5.67. The third kappa shape index (κ3) is 2.74. The second-order valence-electron chi connectivity index (χ2n) is 3.47. The predicted molar refractivity (Wildman–Crippen MR) is 62.8 cm³/mol. The highest BCUT2D eigenvalue weighted by atomic mass is 35.5. The van der Waals surface area contributed by atoms with Gasteiger partial charge < -0.3 is 4.52 Å². The fourth-order valence-corrected chi connectivity index (χ4v) is 1.63. The van der Waals surface area contributed by atoms with E-state index in [1.54, 1.807) is 6.92 Å². The van der Waals surface area contributed by atoms with E-state index < -0.39 is 0 Å². The fourth-order valence-electron chi connectivity index (χ4n) is 1.33. The molecule has 1 aromatic heterocycles. The van der Waals surface area contributed by atoms with Crippen LogP contribution >= 0.6 is 23.2 Å². The second kappa shape index (κ2) is 4.85. The Morgan fingerprint density at radius 2 is 2.25 bits per heavy atom. The average molecular weight is 257 g/mol. The van der Waals surface area contributed by atoms with Crippen LogP contribution in [0.2, 0.25) is 5.02 Å². The summed E-state index contributed by atoms with van der Waals surface area (Å²) in [5, 5.41) is 4.29. The number of halogens is 2. The molecule has 2 aromatic rings. The minimum atomic E-state index is -0.263. The van der Waals surface area contributed by atoms with Gasteiger partial charge in [0.2, 0.25) is 5.89 Å². The Balaban J connectivity index is 2.14. The molecule has 0 amide bonds. The smallest absolute Gasteiger partial charge is 0.244 e. The number of hydrogen-bond donors (Lipinski definition) is 0. The molecule has 0 radical (unpaired) electrons. The van der Waals surface area contributed by atoms with Crippen LogP contribution in [0, 0.1) is 0 Å². The van der Waals surface area contributed by atoms with Crippen LogP contribution in [0.25, 0.3) is 0 Å². The molecule has 1 atom stereocenters. The molecule has 1 aromatic carbocycles. The van der Waals surface area contributed by atoms with Crippen molar-refractivity contribution >= 4 is 23.2 Å². The van der Waals surface area contributed by atoms with E-state index in [0.717, 1.165) is 5.56 Å². The van der Waals surface area contributed by atoms with E-state index in [1.807, 2.05) is 24.3 Å². The first-order chi connectivity index (χ1) is 7.65. The van der Waals surface area contributed by atoms with Crippen molar-refractivity contribution in [2.45, 2.75) is 18.7 Å². The van der Waals surface area contributed by atoms with Crippen LogP contribution in [-0.4, -0.2) is 10.1 Å². The van der Waals surface area contributed by atoms with Crippen LogP contribution in [0.5, 0.6) is 0 Å². The highest BCUT2D eigenvalue weighted by molar-refractivity contribution is 6.30. The molecule has 0 aliphatic heterocycles. The molecule has 84 valence electrons. The van der Waals surface area contributed by atoms with Crippen molar-refractivity contribution in [3.63, 3.8) is 0 Å². The van der Waals surface area contributed by atoms with E-state index in [1.165, 1.54) is 0 Å². The lowest BCUT2D eigenvalue weighted by Gasteiger charge is -1.96. The van der Waals surface area contributed by atoms with Crippen molar-refractivity contribution in [3.8, 4) is 0 Å². The molecular weight excluding hydrogens is 247 g/mol. The second-order valence-corrected chi connectivity index (χ2v) is 4.56. The van der Waals surface area contributed by atoms with Gasteiger partial charge in [-0.15, -0.1) is 11.6 Å². The van der Waals surface area contributed by atoms with Gasteiger partial charge in [0.1, 0.15) is 5.38 Å². The van der Waals surface area contributed by atoms with Crippen LogP contribution in [0.4, 0.5) is 0 Å². The van der Waals surface area contributed by atoms with Crippen molar-refractivity contribution in [3.05, 3.63) is 46.6 Å². The highest BCUT2D eigenvalue weighted by Gasteiger charge is 2.11. The minimum Gasteiger partial charge on any atom is -0.338 e. The van der Waals surface area contributed by atoms with Crippen LogP contribution in [0.3, 0.4) is 0 Å². The zero-order valence-corrected chi connectivity index (χ0v) is 10.2. The molecule has 3 nitrogen and oxygen atoms in total. The molecule has 0 spiro atoms. The maximum atomic E-state index is 5.88. The summed E-state index contributed by atoms with van der Waals surface area (Å²) in [6.45, 7) is 1.79. The van der Waals surface area contributed by atoms with Crippen LogP contribution in [0.1, 0.15) is 29.6 Å². The highest BCUT2D eigenvalue weighted by Crippen LogP contribution is 2.18. The topological polar surface area (TPSA) is 38.9 Å². The van der Waals surface area contributed by atoms with Gasteiger partial charge in [0.25, 0.3) is 0 Å². The molecule has 16 heavy (non-hydrogen) atoms. The molecule has 0 bridgehead atoms. The molecule has 0 fully saturated rings. The molecule has 1 unspecified atom stereocenters.